The fourth-order valence-corrected chi connectivity index (χ4v) is 2.70. The number of hydrogen-bond acceptors (Lipinski definition) is 4. The molecule has 1 atom stereocenters. The Hall–Kier alpha value is -2.96. The maximum absolute atomic E-state index is 12.7. The monoisotopic (exact) mass is 360 g/mol. The van der Waals surface area contributed by atoms with Gasteiger partial charge >= 0.3 is 12.1 Å². The van der Waals surface area contributed by atoms with Gasteiger partial charge in [-0.15, -0.1) is 0 Å². The first kappa shape index (κ1) is 17.8. The van der Waals surface area contributed by atoms with Gasteiger partial charge in [0.2, 0.25) is 0 Å². The van der Waals surface area contributed by atoms with E-state index >= 15 is 0 Å². The molecule has 0 bridgehead atoms. The molecule has 26 heavy (non-hydrogen) atoms. The lowest BCUT2D eigenvalue weighted by Gasteiger charge is -2.23. The molecule has 1 unspecified atom stereocenters. The molecule has 0 saturated carbocycles. The molecule has 7 heteroatoms. The Morgan fingerprint density at radius 1 is 1.19 bits per heavy atom. The van der Waals surface area contributed by atoms with Crippen LogP contribution in [0.5, 0.6) is 5.75 Å². The number of halogens is 3. The number of nitrogens with zero attached hydrogens (tertiary/aromatic N) is 2. The predicted molar refractivity (Wildman–Crippen MR) is 89.9 cm³/mol. The largest absolute Gasteiger partial charge is 0.421 e. The molecule has 0 radical (unpaired) electrons. The second kappa shape index (κ2) is 6.74. The summed E-state index contributed by atoms with van der Waals surface area (Å²) in [5.41, 5.74) is -0.786. The van der Waals surface area contributed by atoms with E-state index in [0.717, 1.165) is 12.1 Å². The number of benzene rings is 1. The first-order valence-corrected chi connectivity index (χ1v) is 7.92. The van der Waals surface area contributed by atoms with Gasteiger partial charge in [0.15, 0.2) is 0 Å². The Morgan fingerprint density at radius 2 is 1.92 bits per heavy atom. The standard InChI is InChI=1S/C19H15F3N2O2/c1-2-18(14-5-7-15(8-6-14)19(20,21)22)10-13(11-24-18)17(25)26-16-4-3-9-23-12-16/h3-12H,2H2,1H3. The number of carbonyl (C=O) groups is 1. The maximum atomic E-state index is 12.7. The number of carbonyl (C=O) groups excluding carboxylic acids is 1. The summed E-state index contributed by atoms with van der Waals surface area (Å²) in [6.07, 6.45) is 2.06. The van der Waals surface area contributed by atoms with Gasteiger partial charge in [-0.1, -0.05) is 19.1 Å². The van der Waals surface area contributed by atoms with Crippen molar-refractivity contribution in [1.82, 2.24) is 4.98 Å². The van der Waals surface area contributed by atoms with Crippen LogP contribution in [0.25, 0.3) is 0 Å². The number of ether oxygens (including phenoxy) is 1. The summed E-state index contributed by atoms with van der Waals surface area (Å²) < 4.78 is 43.4. The zero-order valence-corrected chi connectivity index (χ0v) is 13.8. The topological polar surface area (TPSA) is 51.5 Å². The number of rotatable bonds is 4. The van der Waals surface area contributed by atoms with Crippen LogP contribution in [0.2, 0.25) is 0 Å². The fraction of sp³-hybridized carbons (Fsp3) is 0.211. The second-order valence-electron chi connectivity index (χ2n) is 5.79. The van der Waals surface area contributed by atoms with Crippen molar-refractivity contribution in [3.63, 3.8) is 0 Å². The third kappa shape index (κ3) is 3.51. The van der Waals surface area contributed by atoms with Crippen LogP contribution in [-0.2, 0) is 16.5 Å². The minimum Gasteiger partial charge on any atom is -0.421 e. The van der Waals surface area contributed by atoms with Crippen molar-refractivity contribution in [3.05, 3.63) is 71.6 Å². The van der Waals surface area contributed by atoms with Crippen LogP contribution in [0.1, 0.15) is 24.5 Å². The molecule has 0 spiro atoms. The third-order valence-corrected chi connectivity index (χ3v) is 4.16. The number of aliphatic imine (C=N–C) groups is 1. The minimum atomic E-state index is -4.40. The van der Waals surface area contributed by atoms with E-state index in [1.807, 2.05) is 6.92 Å². The number of hydrogen-bond donors (Lipinski definition) is 0. The highest BCUT2D eigenvalue weighted by atomic mass is 19.4. The van der Waals surface area contributed by atoms with Crippen molar-refractivity contribution in [2.75, 3.05) is 0 Å². The van der Waals surface area contributed by atoms with E-state index in [4.69, 9.17) is 4.74 Å². The number of esters is 1. The molecule has 1 aromatic carbocycles. The van der Waals surface area contributed by atoms with Crippen molar-refractivity contribution in [1.29, 1.82) is 0 Å². The first-order chi connectivity index (χ1) is 12.3. The fourth-order valence-electron chi connectivity index (χ4n) is 2.70. The second-order valence-corrected chi connectivity index (χ2v) is 5.79. The van der Waals surface area contributed by atoms with Crippen molar-refractivity contribution in [2.45, 2.75) is 25.1 Å². The predicted octanol–water partition coefficient (Wildman–Crippen LogP) is 4.32. The highest BCUT2D eigenvalue weighted by Gasteiger charge is 2.35. The minimum absolute atomic E-state index is 0.246. The average Bonchev–Trinajstić information content (AvgIpc) is 3.08. The molecule has 1 aromatic heterocycles. The van der Waals surface area contributed by atoms with Crippen molar-refractivity contribution in [2.24, 2.45) is 4.99 Å². The van der Waals surface area contributed by atoms with E-state index in [-0.39, 0.29) is 5.57 Å². The lowest BCUT2D eigenvalue weighted by atomic mass is 9.87. The van der Waals surface area contributed by atoms with Gasteiger partial charge in [-0.3, -0.25) is 9.98 Å². The summed E-state index contributed by atoms with van der Waals surface area (Å²) in [5, 5.41) is 0. The van der Waals surface area contributed by atoms with Crippen LogP contribution in [0.3, 0.4) is 0 Å². The molecule has 0 N–H and O–H groups in total. The summed E-state index contributed by atoms with van der Waals surface area (Å²) >= 11 is 0. The molecular weight excluding hydrogens is 345 g/mol. The summed E-state index contributed by atoms with van der Waals surface area (Å²) in [6, 6.07) is 8.04. The molecule has 3 rings (SSSR count). The molecule has 1 aliphatic rings. The van der Waals surface area contributed by atoms with E-state index in [2.05, 4.69) is 9.98 Å². The summed E-state index contributed by atoms with van der Waals surface area (Å²) in [5.74, 6) is -0.292. The zero-order valence-electron chi connectivity index (χ0n) is 13.8. The molecule has 0 aliphatic carbocycles. The smallest absolute Gasteiger partial charge is 0.416 e. The molecule has 0 amide bonds. The normalized spacial score (nSPS) is 19.3. The van der Waals surface area contributed by atoms with Gasteiger partial charge in [-0.05, 0) is 42.3 Å². The first-order valence-electron chi connectivity index (χ1n) is 7.92. The van der Waals surface area contributed by atoms with Crippen LogP contribution >= 0.6 is 0 Å². The number of aromatic nitrogens is 1. The summed E-state index contributed by atoms with van der Waals surface area (Å²) in [7, 11) is 0. The third-order valence-electron chi connectivity index (χ3n) is 4.16. The van der Waals surface area contributed by atoms with Crippen LogP contribution in [0.4, 0.5) is 13.2 Å². The molecule has 0 fully saturated rings. The van der Waals surface area contributed by atoms with E-state index in [9.17, 15) is 18.0 Å². The van der Waals surface area contributed by atoms with Crippen LogP contribution in [0.15, 0.2) is 65.4 Å². The highest BCUT2D eigenvalue weighted by molar-refractivity contribution is 6.11. The zero-order chi connectivity index (χ0) is 18.8. The lowest BCUT2D eigenvalue weighted by molar-refractivity contribution is -0.137. The van der Waals surface area contributed by atoms with Gasteiger partial charge in [-0.2, -0.15) is 13.2 Å². The summed E-state index contributed by atoms with van der Waals surface area (Å²) in [4.78, 5) is 20.5. The molecular formula is C19H15F3N2O2. The molecule has 0 saturated heterocycles. The Kier molecular flexibility index (Phi) is 4.63. The Labute approximate surface area is 148 Å². The highest BCUT2D eigenvalue weighted by Crippen LogP contribution is 2.37. The molecule has 2 aromatic rings. The molecule has 4 nitrogen and oxygen atoms in total. The average molecular weight is 360 g/mol. The molecule has 1 aliphatic heterocycles. The van der Waals surface area contributed by atoms with Gasteiger partial charge in [0.25, 0.3) is 0 Å². The van der Waals surface area contributed by atoms with Crippen molar-refractivity contribution >= 4 is 12.2 Å². The number of pyridine rings is 1. The van der Waals surface area contributed by atoms with Crippen molar-refractivity contribution in [3.8, 4) is 5.75 Å². The maximum Gasteiger partial charge on any atom is 0.416 e. The van der Waals surface area contributed by atoms with Crippen LogP contribution < -0.4 is 4.74 Å². The Morgan fingerprint density at radius 3 is 2.50 bits per heavy atom. The van der Waals surface area contributed by atoms with Gasteiger partial charge in [0, 0.05) is 12.4 Å². The summed E-state index contributed by atoms with van der Waals surface area (Å²) in [6.45, 7) is 1.85. The Bertz CT molecular complexity index is 859. The van der Waals surface area contributed by atoms with Crippen LogP contribution in [0, 0.1) is 0 Å². The van der Waals surface area contributed by atoms with E-state index in [1.54, 1.807) is 24.4 Å². The van der Waals surface area contributed by atoms with Gasteiger partial charge in [0.05, 0.1) is 17.3 Å². The molecule has 2 heterocycles. The lowest BCUT2D eigenvalue weighted by Crippen LogP contribution is -2.19. The van der Waals surface area contributed by atoms with Gasteiger partial charge in [-0.25, -0.2) is 4.79 Å². The quantitative estimate of drug-likeness (QED) is 0.763. The molecule has 134 valence electrons. The van der Waals surface area contributed by atoms with E-state index < -0.39 is 23.2 Å². The van der Waals surface area contributed by atoms with Crippen molar-refractivity contribution < 1.29 is 22.7 Å². The van der Waals surface area contributed by atoms with Gasteiger partial charge in [0.1, 0.15) is 11.3 Å². The van der Waals surface area contributed by atoms with Gasteiger partial charge < -0.3 is 4.74 Å². The van der Waals surface area contributed by atoms with Crippen LogP contribution in [-0.4, -0.2) is 17.2 Å². The van der Waals surface area contributed by atoms with E-state index in [0.29, 0.717) is 17.7 Å². The number of alkyl halides is 3. The SMILES string of the molecule is CCC1(c2ccc(C(F)(F)F)cc2)C=C(C(=O)Oc2cccnc2)C=N1. The van der Waals surface area contributed by atoms with E-state index in [1.165, 1.54) is 24.5 Å². The Balaban J connectivity index is 1.84.